The van der Waals surface area contributed by atoms with Crippen LogP contribution >= 0.6 is 0 Å². The molecule has 0 radical (unpaired) electrons. The molecule has 154 valence electrons. The first-order valence-electron chi connectivity index (χ1n) is 10.5. The maximum Gasteiger partial charge on any atom is 0.220 e. The molecule has 1 fully saturated rings. The molecule has 30 heavy (non-hydrogen) atoms. The number of nitrogens with two attached hydrogens (primary N) is 1. The molecule has 1 unspecified atom stereocenters. The van der Waals surface area contributed by atoms with Crippen LogP contribution in [0, 0.1) is 16.7 Å². The average molecular weight is 402 g/mol. The predicted molar refractivity (Wildman–Crippen MR) is 114 cm³/mol. The van der Waals surface area contributed by atoms with Gasteiger partial charge in [0.25, 0.3) is 0 Å². The fourth-order valence-electron chi connectivity index (χ4n) is 5.48. The van der Waals surface area contributed by atoms with E-state index in [1.54, 1.807) is 12.2 Å². The second kappa shape index (κ2) is 6.83. The molecule has 2 N–H and O–H groups in total. The summed E-state index contributed by atoms with van der Waals surface area (Å²) in [6.07, 6.45) is 5.15. The number of hydrogen-bond donors (Lipinski definition) is 1. The fraction of sp³-hybridized carbons (Fsp3) is 0.417. The Morgan fingerprint density at radius 3 is 2.63 bits per heavy atom. The van der Waals surface area contributed by atoms with Gasteiger partial charge in [0, 0.05) is 25.1 Å². The zero-order valence-electron chi connectivity index (χ0n) is 17.4. The molecule has 1 aliphatic heterocycles. The van der Waals surface area contributed by atoms with Crippen molar-refractivity contribution in [2.75, 3.05) is 14.2 Å². The molecule has 0 bridgehead atoms. The Morgan fingerprint density at radius 1 is 1.20 bits per heavy atom. The number of methoxy groups -OCH3 is 1. The molecule has 0 aromatic heterocycles. The van der Waals surface area contributed by atoms with Gasteiger partial charge in [-0.3, -0.25) is 0 Å². The van der Waals surface area contributed by atoms with Crippen LogP contribution in [0.4, 0.5) is 0 Å². The van der Waals surface area contributed by atoms with Gasteiger partial charge in [-0.15, -0.1) is 0 Å². The van der Waals surface area contributed by atoms with E-state index in [9.17, 15) is 5.26 Å². The minimum absolute atomic E-state index is 0.132. The van der Waals surface area contributed by atoms with Crippen LogP contribution in [-0.2, 0) is 21.7 Å². The van der Waals surface area contributed by atoms with Gasteiger partial charge < -0.3 is 10.5 Å². The summed E-state index contributed by atoms with van der Waals surface area (Å²) < 4.78 is 5.62. The lowest BCUT2D eigenvalue weighted by Crippen LogP contribution is -2.46. The molecule has 0 amide bonds. The molecule has 1 saturated carbocycles. The van der Waals surface area contributed by atoms with Crippen molar-refractivity contribution in [3.63, 3.8) is 0 Å². The van der Waals surface area contributed by atoms with Crippen LogP contribution < -0.4 is 5.73 Å². The standard InChI is InChI=1S/C24H26N4O2/c1-28-22(26)27-24(30-28)21-13-18(17-5-3-4-16(12-17)15-25)6-7-19(21)14-23(24)10-8-20(29-2)9-11-23/h3-7,12-13,20H,8-11,14H2,1-2H3,(H2,26,27). The first-order chi connectivity index (χ1) is 14.5. The van der Waals surface area contributed by atoms with Crippen molar-refractivity contribution in [3.8, 4) is 17.2 Å². The third kappa shape index (κ3) is 2.66. The Balaban J connectivity index is 1.62. The average Bonchev–Trinajstić information content (AvgIpc) is 3.22. The predicted octanol–water partition coefficient (Wildman–Crippen LogP) is 3.70. The van der Waals surface area contributed by atoms with Crippen LogP contribution in [0.3, 0.4) is 0 Å². The number of rotatable bonds is 2. The molecule has 2 aromatic carbocycles. The minimum atomic E-state index is -0.803. The first kappa shape index (κ1) is 19.1. The highest BCUT2D eigenvalue weighted by atomic mass is 16.7. The van der Waals surface area contributed by atoms with Crippen LogP contribution in [0.1, 0.15) is 42.4 Å². The van der Waals surface area contributed by atoms with E-state index in [0.29, 0.717) is 17.6 Å². The van der Waals surface area contributed by atoms with E-state index < -0.39 is 5.72 Å². The smallest absolute Gasteiger partial charge is 0.220 e. The molecule has 2 spiro atoms. The normalized spacial score (nSPS) is 29.8. The summed E-state index contributed by atoms with van der Waals surface area (Å²) >= 11 is 0. The van der Waals surface area contributed by atoms with Gasteiger partial charge in [-0.2, -0.15) is 5.26 Å². The molecule has 3 aliphatic rings. The van der Waals surface area contributed by atoms with Gasteiger partial charge in [0.05, 0.1) is 17.7 Å². The van der Waals surface area contributed by atoms with Gasteiger partial charge in [0.1, 0.15) is 0 Å². The van der Waals surface area contributed by atoms with Crippen LogP contribution in [0.15, 0.2) is 47.5 Å². The number of hydrogen-bond acceptors (Lipinski definition) is 6. The number of benzene rings is 2. The van der Waals surface area contributed by atoms with Crippen LogP contribution in [0.25, 0.3) is 11.1 Å². The lowest BCUT2D eigenvalue weighted by atomic mass is 9.66. The second-order valence-electron chi connectivity index (χ2n) is 8.66. The third-order valence-electron chi connectivity index (χ3n) is 7.13. The molecule has 0 saturated heterocycles. The third-order valence-corrected chi connectivity index (χ3v) is 7.13. The van der Waals surface area contributed by atoms with Gasteiger partial charge in [0.15, 0.2) is 0 Å². The summed E-state index contributed by atoms with van der Waals surface area (Å²) in [5.41, 5.74) is 10.3. The van der Waals surface area contributed by atoms with Gasteiger partial charge >= 0.3 is 0 Å². The topological polar surface area (TPSA) is 83.9 Å². The van der Waals surface area contributed by atoms with Gasteiger partial charge in [-0.25, -0.2) is 14.9 Å². The minimum Gasteiger partial charge on any atom is -0.381 e. The van der Waals surface area contributed by atoms with E-state index in [4.69, 9.17) is 20.3 Å². The number of nitriles is 1. The van der Waals surface area contributed by atoms with Crippen molar-refractivity contribution in [1.29, 1.82) is 5.26 Å². The van der Waals surface area contributed by atoms with E-state index in [-0.39, 0.29) is 5.41 Å². The molecule has 2 aromatic rings. The molecule has 1 heterocycles. The van der Waals surface area contributed by atoms with Crippen molar-refractivity contribution >= 4 is 5.96 Å². The summed E-state index contributed by atoms with van der Waals surface area (Å²) in [4.78, 5) is 11.4. The van der Waals surface area contributed by atoms with Crippen molar-refractivity contribution in [2.45, 2.75) is 43.9 Å². The Bertz CT molecular complexity index is 1070. The van der Waals surface area contributed by atoms with Gasteiger partial charge in [0.2, 0.25) is 11.7 Å². The SMILES string of the molecule is COC1CCC2(CC1)Cc1ccc(-c3cccc(C#N)c3)cc1C21N=C(N)N(C)O1. The van der Waals surface area contributed by atoms with E-state index in [2.05, 4.69) is 24.3 Å². The van der Waals surface area contributed by atoms with Crippen LogP contribution in [0.5, 0.6) is 0 Å². The maximum atomic E-state index is 9.28. The number of fused-ring (bicyclic) bond motifs is 3. The summed E-state index contributed by atoms with van der Waals surface area (Å²) in [6.45, 7) is 0. The van der Waals surface area contributed by atoms with Gasteiger partial charge in [-0.1, -0.05) is 24.3 Å². The molecule has 5 rings (SSSR count). The highest BCUT2D eigenvalue weighted by Crippen LogP contribution is 2.62. The number of aliphatic imine (C=N–C) groups is 1. The highest BCUT2D eigenvalue weighted by Gasteiger charge is 2.63. The number of hydroxylamine groups is 2. The van der Waals surface area contributed by atoms with E-state index in [1.165, 1.54) is 5.56 Å². The zero-order chi connectivity index (χ0) is 20.9. The fourth-order valence-corrected chi connectivity index (χ4v) is 5.48. The van der Waals surface area contributed by atoms with Crippen molar-refractivity contribution in [3.05, 3.63) is 59.2 Å². The number of ether oxygens (including phenoxy) is 1. The first-order valence-corrected chi connectivity index (χ1v) is 10.5. The van der Waals surface area contributed by atoms with E-state index in [1.807, 2.05) is 31.3 Å². The Kier molecular flexibility index (Phi) is 4.35. The Labute approximate surface area is 176 Å². The lowest BCUT2D eigenvalue weighted by molar-refractivity contribution is -0.232. The number of nitrogens with zero attached hydrogens (tertiary/aromatic N) is 3. The zero-order valence-corrected chi connectivity index (χ0v) is 17.4. The van der Waals surface area contributed by atoms with E-state index in [0.717, 1.165) is 48.8 Å². The van der Waals surface area contributed by atoms with Crippen molar-refractivity contribution in [1.82, 2.24) is 5.06 Å². The summed E-state index contributed by atoms with van der Waals surface area (Å²) in [6, 6.07) is 16.4. The lowest BCUT2D eigenvalue weighted by Gasteiger charge is -2.45. The Hall–Kier alpha value is -2.88. The summed E-state index contributed by atoms with van der Waals surface area (Å²) in [5, 5.41) is 10.9. The second-order valence-corrected chi connectivity index (χ2v) is 8.66. The van der Waals surface area contributed by atoms with Crippen LogP contribution in [0.2, 0.25) is 0 Å². The maximum absolute atomic E-state index is 9.28. The highest BCUT2D eigenvalue weighted by molar-refractivity contribution is 5.79. The molecule has 2 aliphatic carbocycles. The summed E-state index contributed by atoms with van der Waals surface area (Å²) in [5.74, 6) is 0.410. The molecule has 6 nitrogen and oxygen atoms in total. The van der Waals surface area contributed by atoms with Crippen molar-refractivity contribution in [2.24, 2.45) is 16.1 Å². The van der Waals surface area contributed by atoms with Crippen molar-refractivity contribution < 1.29 is 9.57 Å². The van der Waals surface area contributed by atoms with Gasteiger partial charge in [-0.05, 0) is 67.0 Å². The molecular weight excluding hydrogens is 376 g/mol. The molecular formula is C24H26N4O2. The molecule has 1 atom stereocenters. The number of guanidine groups is 1. The van der Waals surface area contributed by atoms with E-state index >= 15 is 0 Å². The largest absolute Gasteiger partial charge is 0.381 e. The Morgan fingerprint density at radius 2 is 1.97 bits per heavy atom. The van der Waals surface area contributed by atoms with Crippen LogP contribution in [-0.4, -0.2) is 31.3 Å². The molecule has 6 heteroatoms. The quantitative estimate of drug-likeness (QED) is 0.828. The monoisotopic (exact) mass is 402 g/mol. The summed E-state index contributed by atoms with van der Waals surface area (Å²) in [7, 11) is 3.61.